The van der Waals surface area contributed by atoms with Crippen LogP contribution in [0.5, 0.6) is 0 Å². The zero-order valence-corrected chi connectivity index (χ0v) is 12.5. The molecule has 1 aromatic carbocycles. The molecule has 0 aliphatic carbocycles. The summed E-state index contributed by atoms with van der Waals surface area (Å²) in [5.41, 5.74) is 10.9. The van der Waals surface area contributed by atoms with Crippen LogP contribution in [0.25, 0.3) is 21.7 Å². The van der Waals surface area contributed by atoms with Gasteiger partial charge in [-0.2, -0.15) is 5.10 Å². The lowest BCUT2D eigenvalue weighted by molar-refractivity contribution is 0.585. The van der Waals surface area contributed by atoms with Gasteiger partial charge in [-0.05, 0) is 59.1 Å². The predicted molar refractivity (Wildman–Crippen MR) is 78.7 cm³/mol. The Hall–Kier alpha value is -1.85. The summed E-state index contributed by atoms with van der Waals surface area (Å²) in [5, 5.41) is 7.96. The van der Waals surface area contributed by atoms with Crippen LogP contribution in [0.15, 0.2) is 33.9 Å². The van der Waals surface area contributed by atoms with E-state index < -0.39 is 0 Å². The van der Waals surface area contributed by atoms with E-state index in [2.05, 4.69) is 31.1 Å². The molecule has 7 heteroatoms. The maximum atomic E-state index is 13.0. The highest BCUT2D eigenvalue weighted by Gasteiger charge is 2.14. The minimum Gasteiger partial charge on any atom is -0.263 e. The quantitative estimate of drug-likeness (QED) is 0.343. The summed E-state index contributed by atoms with van der Waals surface area (Å²) >= 11 is 3.52. The second-order valence-corrected chi connectivity index (χ2v) is 5.08. The second-order valence-electron chi connectivity index (χ2n) is 4.29. The summed E-state index contributed by atoms with van der Waals surface area (Å²) in [6.07, 6.45) is 0.700. The van der Waals surface area contributed by atoms with E-state index in [0.717, 1.165) is 21.4 Å². The van der Waals surface area contributed by atoms with Crippen LogP contribution in [0.2, 0.25) is 0 Å². The van der Waals surface area contributed by atoms with Gasteiger partial charge in [0, 0.05) is 23.6 Å². The van der Waals surface area contributed by atoms with Crippen molar-refractivity contribution in [1.82, 2.24) is 9.78 Å². The Kier molecular flexibility index (Phi) is 4.76. The summed E-state index contributed by atoms with van der Waals surface area (Å²) < 4.78 is 15.8. The van der Waals surface area contributed by atoms with E-state index >= 15 is 0 Å². The van der Waals surface area contributed by atoms with E-state index in [-0.39, 0.29) is 5.82 Å². The molecule has 0 saturated heterocycles. The summed E-state index contributed by atoms with van der Waals surface area (Å²) in [5.74, 6) is -0.268. The average Bonchev–Trinajstić information content (AvgIpc) is 2.72. The molecule has 5 nitrogen and oxygen atoms in total. The monoisotopic (exact) mass is 337 g/mol. The number of halogens is 2. The predicted octanol–water partition coefficient (Wildman–Crippen LogP) is 4.46. The minimum absolute atomic E-state index is 0.268. The molecule has 0 aliphatic rings. The van der Waals surface area contributed by atoms with Gasteiger partial charge < -0.3 is 0 Å². The van der Waals surface area contributed by atoms with Crippen molar-refractivity contribution in [1.29, 1.82) is 0 Å². The van der Waals surface area contributed by atoms with Gasteiger partial charge in [-0.3, -0.25) is 4.68 Å². The van der Waals surface area contributed by atoms with E-state index in [1.165, 1.54) is 12.1 Å². The van der Waals surface area contributed by atoms with Crippen molar-refractivity contribution in [2.75, 3.05) is 6.54 Å². The van der Waals surface area contributed by atoms with Crippen molar-refractivity contribution >= 4 is 15.9 Å². The molecule has 0 spiro atoms. The van der Waals surface area contributed by atoms with Gasteiger partial charge in [-0.1, -0.05) is 5.11 Å². The van der Waals surface area contributed by atoms with E-state index in [0.29, 0.717) is 19.5 Å². The molecule has 2 aromatic rings. The maximum absolute atomic E-state index is 13.0. The van der Waals surface area contributed by atoms with Crippen molar-refractivity contribution in [2.45, 2.75) is 19.9 Å². The number of nitrogens with zero attached hydrogens (tertiary/aromatic N) is 5. The molecule has 0 aliphatic heterocycles. The summed E-state index contributed by atoms with van der Waals surface area (Å²) in [6.45, 7) is 2.97. The van der Waals surface area contributed by atoms with E-state index in [4.69, 9.17) is 5.53 Å². The summed E-state index contributed by atoms with van der Waals surface area (Å²) in [4.78, 5) is 2.72. The third-order valence-electron chi connectivity index (χ3n) is 2.86. The standard InChI is InChI=1S/C13H13BrFN5/c1-9-12(14)13(10-3-5-11(15)6-4-10)20(18-9)8-2-7-17-19-16/h3-6H,2,7-8H2,1H3. The first kappa shape index (κ1) is 14.6. The molecule has 0 fully saturated rings. The van der Waals surface area contributed by atoms with Gasteiger partial charge in [-0.15, -0.1) is 0 Å². The van der Waals surface area contributed by atoms with E-state index in [1.807, 2.05) is 11.6 Å². The molecule has 0 atom stereocenters. The van der Waals surface area contributed by atoms with Crippen LogP contribution in [0.4, 0.5) is 4.39 Å². The van der Waals surface area contributed by atoms with Gasteiger partial charge in [0.25, 0.3) is 0 Å². The fourth-order valence-corrected chi connectivity index (χ4v) is 2.45. The minimum atomic E-state index is -0.268. The number of hydrogen-bond acceptors (Lipinski definition) is 2. The van der Waals surface area contributed by atoms with Crippen LogP contribution in [0, 0.1) is 12.7 Å². The summed E-state index contributed by atoms with van der Waals surface area (Å²) in [7, 11) is 0. The van der Waals surface area contributed by atoms with Crippen molar-refractivity contribution in [3.05, 3.63) is 50.7 Å². The molecule has 1 heterocycles. The Balaban J connectivity index is 2.30. The molecular weight excluding hydrogens is 325 g/mol. The van der Waals surface area contributed by atoms with Gasteiger partial charge in [0.15, 0.2) is 0 Å². The molecule has 0 N–H and O–H groups in total. The third-order valence-corrected chi connectivity index (χ3v) is 3.81. The van der Waals surface area contributed by atoms with Gasteiger partial charge in [0.1, 0.15) is 5.82 Å². The molecule has 0 radical (unpaired) electrons. The van der Waals surface area contributed by atoms with Crippen LogP contribution < -0.4 is 0 Å². The van der Waals surface area contributed by atoms with Crippen molar-refractivity contribution in [3.8, 4) is 11.3 Å². The highest BCUT2D eigenvalue weighted by molar-refractivity contribution is 9.10. The highest BCUT2D eigenvalue weighted by atomic mass is 79.9. The molecule has 20 heavy (non-hydrogen) atoms. The zero-order chi connectivity index (χ0) is 14.5. The Bertz CT molecular complexity index is 644. The molecule has 104 valence electrons. The average molecular weight is 338 g/mol. The topological polar surface area (TPSA) is 66.6 Å². The lowest BCUT2D eigenvalue weighted by atomic mass is 10.1. The number of benzene rings is 1. The Morgan fingerprint density at radius 2 is 2.10 bits per heavy atom. The first-order valence-electron chi connectivity index (χ1n) is 6.13. The molecule has 0 unspecified atom stereocenters. The SMILES string of the molecule is Cc1nn(CCCN=[N+]=[N-])c(-c2ccc(F)cc2)c1Br. The molecule has 1 aromatic heterocycles. The number of aromatic nitrogens is 2. The van der Waals surface area contributed by atoms with Crippen LogP contribution in [0.1, 0.15) is 12.1 Å². The van der Waals surface area contributed by atoms with Gasteiger partial charge in [0.05, 0.1) is 15.9 Å². The van der Waals surface area contributed by atoms with Crippen LogP contribution in [-0.2, 0) is 6.54 Å². The van der Waals surface area contributed by atoms with Crippen LogP contribution in [0.3, 0.4) is 0 Å². The Labute approximate surface area is 124 Å². The zero-order valence-electron chi connectivity index (χ0n) is 10.9. The largest absolute Gasteiger partial charge is 0.263 e. The first-order chi connectivity index (χ1) is 9.63. The van der Waals surface area contributed by atoms with Crippen molar-refractivity contribution in [3.63, 3.8) is 0 Å². The van der Waals surface area contributed by atoms with Crippen LogP contribution >= 0.6 is 15.9 Å². The Morgan fingerprint density at radius 1 is 1.40 bits per heavy atom. The number of rotatable bonds is 5. The molecule has 0 saturated carbocycles. The lowest BCUT2D eigenvalue weighted by Gasteiger charge is -2.07. The van der Waals surface area contributed by atoms with Gasteiger partial charge in [0.2, 0.25) is 0 Å². The van der Waals surface area contributed by atoms with E-state index in [9.17, 15) is 4.39 Å². The fourth-order valence-electron chi connectivity index (χ4n) is 1.94. The van der Waals surface area contributed by atoms with Crippen LogP contribution in [-0.4, -0.2) is 16.3 Å². The second kappa shape index (κ2) is 6.54. The molecule has 0 amide bonds. The maximum Gasteiger partial charge on any atom is 0.123 e. The third kappa shape index (κ3) is 3.18. The molecule has 0 bridgehead atoms. The van der Waals surface area contributed by atoms with Crippen molar-refractivity contribution in [2.24, 2.45) is 5.11 Å². The first-order valence-corrected chi connectivity index (χ1v) is 6.92. The van der Waals surface area contributed by atoms with Gasteiger partial charge in [-0.25, -0.2) is 4.39 Å². The molecule has 2 rings (SSSR count). The smallest absolute Gasteiger partial charge is 0.123 e. The number of azide groups is 1. The van der Waals surface area contributed by atoms with E-state index in [1.54, 1.807) is 12.1 Å². The van der Waals surface area contributed by atoms with Gasteiger partial charge >= 0.3 is 0 Å². The normalized spacial score (nSPS) is 10.3. The molecular formula is C13H13BrFN5. The lowest BCUT2D eigenvalue weighted by Crippen LogP contribution is -2.04. The number of aryl methyl sites for hydroxylation is 2. The fraction of sp³-hybridized carbons (Fsp3) is 0.308. The van der Waals surface area contributed by atoms with Crippen molar-refractivity contribution < 1.29 is 4.39 Å². The highest BCUT2D eigenvalue weighted by Crippen LogP contribution is 2.31. The summed E-state index contributed by atoms with van der Waals surface area (Å²) in [6, 6.07) is 6.30. The Morgan fingerprint density at radius 3 is 2.75 bits per heavy atom. The number of hydrogen-bond donors (Lipinski definition) is 0.